The Morgan fingerprint density at radius 2 is 2.18 bits per heavy atom. The van der Waals surface area contributed by atoms with Crippen molar-refractivity contribution in [2.45, 2.75) is 6.42 Å². The number of aliphatic carboxylic acids is 1. The van der Waals surface area contributed by atoms with Gasteiger partial charge < -0.3 is 9.84 Å². The molecule has 1 N–H and O–H groups in total. The molecular formula is C11H10ClFO4. The SMILES string of the molecule is COC(=O)C(Cc1cc(F)ccc1Cl)C(=O)O. The van der Waals surface area contributed by atoms with Gasteiger partial charge in [0, 0.05) is 5.02 Å². The molecule has 0 bridgehead atoms. The number of carboxylic acid groups (broad SMARTS) is 1. The fourth-order valence-corrected chi connectivity index (χ4v) is 1.53. The molecule has 1 rings (SSSR count). The van der Waals surface area contributed by atoms with Crippen LogP contribution < -0.4 is 0 Å². The molecule has 0 saturated carbocycles. The fraction of sp³-hybridized carbons (Fsp3) is 0.273. The molecule has 0 aliphatic heterocycles. The van der Waals surface area contributed by atoms with E-state index in [1.54, 1.807) is 0 Å². The molecule has 1 aromatic rings. The number of esters is 1. The highest BCUT2D eigenvalue weighted by molar-refractivity contribution is 6.31. The molecule has 4 nitrogen and oxygen atoms in total. The second-order valence-corrected chi connectivity index (χ2v) is 3.76. The van der Waals surface area contributed by atoms with Crippen molar-refractivity contribution in [3.8, 4) is 0 Å². The van der Waals surface area contributed by atoms with Crippen LogP contribution in [0.1, 0.15) is 5.56 Å². The molecule has 0 heterocycles. The number of hydrogen-bond acceptors (Lipinski definition) is 3. The maximum atomic E-state index is 13.0. The molecule has 0 amide bonds. The molecule has 0 spiro atoms. The van der Waals surface area contributed by atoms with E-state index in [1.807, 2.05) is 0 Å². The summed E-state index contributed by atoms with van der Waals surface area (Å²) in [6, 6.07) is 3.56. The van der Waals surface area contributed by atoms with Crippen molar-refractivity contribution in [1.29, 1.82) is 0 Å². The highest BCUT2D eigenvalue weighted by Gasteiger charge is 2.28. The molecule has 1 atom stereocenters. The zero-order valence-corrected chi connectivity index (χ0v) is 9.70. The molecule has 1 unspecified atom stereocenters. The van der Waals surface area contributed by atoms with Gasteiger partial charge in [-0.15, -0.1) is 0 Å². The van der Waals surface area contributed by atoms with Gasteiger partial charge in [0.25, 0.3) is 0 Å². The molecule has 0 saturated heterocycles. The van der Waals surface area contributed by atoms with Crippen molar-refractivity contribution in [3.63, 3.8) is 0 Å². The minimum atomic E-state index is -1.39. The Labute approximate surface area is 102 Å². The number of carbonyl (C=O) groups excluding carboxylic acids is 1. The van der Waals surface area contributed by atoms with Crippen molar-refractivity contribution in [1.82, 2.24) is 0 Å². The van der Waals surface area contributed by atoms with Crippen LogP contribution >= 0.6 is 11.6 Å². The van der Waals surface area contributed by atoms with Crippen LogP contribution in [0.3, 0.4) is 0 Å². The Bertz CT molecular complexity index is 447. The lowest BCUT2D eigenvalue weighted by Gasteiger charge is -2.11. The van der Waals surface area contributed by atoms with Crippen LogP contribution in [0, 0.1) is 11.7 Å². The van der Waals surface area contributed by atoms with Gasteiger partial charge in [0.15, 0.2) is 5.92 Å². The van der Waals surface area contributed by atoms with Gasteiger partial charge in [-0.3, -0.25) is 9.59 Å². The second-order valence-electron chi connectivity index (χ2n) is 3.35. The predicted molar refractivity (Wildman–Crippen MR) is 58.3 cm³/mol. The molecule has 0 fully saturated rings. The van der Waals surface area contributed by atoms with E-state index in [4.69, 9.17) is 16.7 Å². The third-order valence-electron chi connectivity index (χ3n) is 2.22. The first kappa shape index (κ1) is 13.4. The molecule has 0 radical (unpaired) electrons. The quantitative estimate of drug-likeness (QED) is 0.663. The van der Waals surface area contributed by atoms with E-state index in [2.05, 4.69) is 4.74 Å². The number of halogens is 2. The van der Waals surface area contributed by atoms with Crippen LogP contribution in [0.4, 0.5) is 4.39 Å². The molecule has 92 valence electrons. The monoisotopic (exact) mass is 260 g/mol. The Balaban J connectivity index is 2.97. The zero-order chi connectivity index (χ0) is 13.0. The topological polar surface area (TPSA) is 63.6 Å². The molecule has 6 heteroatoms. The molecule has 1 aromatic carbocycles. The van der Waals surface area contributed by atoms with Crippen molar-refractivity contribution >= 4 is 23.5 Å². The largest absolute Gasteiger partial charge is 0.481 e. The number of benzene rings is 1. The number of carboxylic acids is 1. The first-order valence-corrected chi connectivity index (χ1v) is 5.08. The maximum Gasteiger partial charge on any atom is 0.320 e. The van der Waals surface area contributed by atoms with E-state index in [-0.39, 0.29) is 17.0 Å². The Hall–Kier alpha value is -1.62. The zero-order valence-electron chi connectivity index (χ0n) is 8.94. The van der Waals surface area contributed by atoms with E-state index in [0.717, 1.165) is 19.2 Å². The summed E-state index contributed by atoms with van der Waals surface area (Å²) < 4.78 is 17.3. The summed E-state index contributed by atoms with van der Waals surface area (Å²) in [7, 11) is 1.09. The summed E-state index contributed by atoms with van der Waals surface area (Å²) in [6.45, 7) is 0. The van der Waals surface area contributed by atoms with Crippen LogP contribution in [0.15, 0.2) is 18.2 Å². The van der Waals surface area contributed by atoms with Crippen LogP contribution in [0.25, 0.3) is 0 Å². The normalized spacial score (nSPS) is 11.9. The van der Waals surface area contributed by atoms with Gasteiger partial charge in [0.05, 0.1) is 7.11 Å². The second kappa shape index (κ2) is 5.63. The van der Waals surface area contributed by atoms with Crippen molar-refractivity contribution in [3.05, 3.63) is 34.6 Å². The van der Waals surface area contributed by atoms with Gasteiger partial charge >= 0.3 is 11.9 Å². The number of carbonyl (C=O) groups is 2. The third kappa shape index (κ3) is 3.42. The molecular weight excluding hydrogens is 251 g/mol. The lowest BCUT2D eigenvalue weighted by atomic mass is 9.99. The van der Waals surface area contributed by atoms with Crippen LogP contribution in [-0.4, -0.2) is 24.2 Å². The van der Waals surface area contributed by atoms with Crippen LogP contribution in [0.5, 0.6) is 0 Å². The molecule has 17 heavy (non-hydrogen) atoms. The van der Waals surface area contributed by atoms with Crippen molar-refractivity contribution in [2.75, 3.05) is 7.11 Å². The van der Waals surface area contributed by atoms with E-state index < -0.39 is 23.7 Å². The summed E-state index contributed by atoms with van der Waals surface area (Å²) >= 11 is 5.78. The Kier molecular flexibility index (Phi) is 4.45. The summed E-state index contributed by atoms with van der Waals surface area (Å²) in [5.41, 5.74) is 0.254. The van der Waals surface area contributed by atoms with Gasteiger partial charge in [-0.2, -0.15) is 0 Å². The third-order valence-corrected chi connectivity index (χ3v) is 2.58. The standard InChI is InChI=1S/C11H10ClFO4/c1-17-11(16)8(10(14)15)5-6-4-7(13)2-3-9(6)12/h2-4,8H,5H2,1H3,(H,14,15). The van der Waals surface area contributed by atoms with E-state index >= 15 is 0 Å². The van der Waals surface area contributed by atoms with E-state index in [1.165, 1.54) is 6.07 Å². The van der Waals surface area contributed by atoms with Crippen molar-refractivity contribution in [2.24, 2.45) is 5.92 Å². The van der Waals surface area contributed by atoms with Gasteiger partial charge in [-0.05, 0) is 30.2 Å². The minimum Gasteiger partial charge on any atom is -0.481 e. The number of rotatable bonds is 4. The Morgan fingerprint density at radius 1 is 1.53 bits per heavy atom. The first-order valence-electron chi connectivity index (χ1n) is 4.70. The smallest absolute Gasteiger partial charge is 0.320 e. The fourth-order valence-electron chi connectivity index (χ4n) is 1.33. The van der Waals surface area contributed by atoms with E-state index in [0.29, 0.717) is 0 Å². The van der Waals surface area contributed by atoms with Gasteiger partial charge in [0.1, 0.15) is 5.82 Å². The lowest BCUT2D eigenvalue weighted by Crippen LogP contribution is -2.27. The van der Waals surface area contributed by atoms with Crippen molar-refractivity contribution < 1.29 is 23.8 Å². The van der Waals surface area contributed by atoms with Gasteiger partial charge in [-0.25, -0.2) is 4.39 Å². The number of hydrogen-bond donors (Lipinski definition) is 1. The average molecular weight is 261 g/mol. The minimum absolute atomic E-state index is 0.210. The number of ether oxygens (including phenoxy) is 1. The maximum absolute atomic E-state index is 13.0. The summed E-state index contributed by atoms with van der Waals surface area (Å²) in [5.74, 6) is -4.16. The number of methoxy groups -OCH3 is 1. The predicted octanol–water partition coefficient (Wildman–Crippen LogP) is 1.90. The molecule has 0 aromatic heterocycles. The van der Waals surface area contributed by atoms with E-state index in [9.17, 15) is 14.0 Å². The van der Waals surface area contributed by atoms with Gasteiger partial charge in [0.2, 0.25) is 0 Å². The lowest BCUT2D eigenvalue weighted by molar-refractivity contribution is -0.156. The summed E-state index contributed by atoms with van der Waals surface area (Å²) in [4.78, 5) is 22.1. The van der Waals surface area contributed by atoms with Gasteiger partial charge in [-0.1, -0.05) is 11.6 Å². The highest BCUT2D eigenvalue weighted by atomic mass is 35.5. The highest BCUT2D eigenvalue weighted by Crippen LogP contribution is 2.21. The van der Waals surface area contributed by atoms with Crippen LogP contribution in [-0.2, 0) is 20.7 Å². The first-order chi connectivity index (χ1) is 7.95. The summed E-state index contributed by atoms with van der Waals surface area (Å²) in [6.07, 6.45) is -0.210. The molecule has 0 aliphatic carbocycles. The Morgan fingerprint density at radius 3 is 2.71 bits per heavy atom. The average Bonchev–Trinajstić information content (AvgIpc) is 2.28. The summed E-state index contributed by atoms with van der Waals surface area (Å²) in [5, 5.41) is 9.07. The molecule has 0 aliphatic rings. The van der Waals surface area contributed by atoms with Crippen LogP contribution in [0.2, 0.25) is 5.02 Å².